The van der Waals surface area contributed by atoms with E-state index in [-0.39, 0.29) is 32.6 Å². The minimum absolute atomic E-state index is 0.0413. The third-order valence-electron chi connectivity index (χ3n) is 10.4. The Morgan fingerprint density at radius 1 is 0.443 bits per heavy atom. The minimum Gasteiger partial charge on any atom is -0.462 e. The topological polar surface area (TPSA) is 134 Å². The Hall–Kier alpha value is -4.11. The first kappa shape index (κ1) is 65.9. The van der Waals surface area contributed by atoms with Crippen LogP contribution in [0.15, 0.2) is 146 Å². The molecule has 0 aromatic rings. The molecule has 0 aromatic heterocycles. The molecule has 0 saturated carbocycles. The maximum Gasteiger partial charge on any atom is 0.472 e. The molecule has 394 valence electrons. The van der Waals surface area contributed by atoms with Gasteiger partial charge in [0.25, 0.3) is 0 Å². The molecule has 0 heterocycles. The normalized spacial score (nSPS) is 14.3. The van der Waals surface area contributed by atoms with Crippen LogP contribution in [0.2, 0.25) is 0 Å². The highest BCUT2D eigenvalue weighted by Gasteiger charge is 2.26. The van der Waals surface area contributed by atoms with Crippen molar-refractivity contribution in [3.63, 3.8) is 0 Å². The smallest absolute Gasteiger partial charge is 0.462 e. The number of allylic oxidation sites excluding steroid dienone is 24. The summed E-state index contributed by atoms with van der Waals surface area (Å²) in [5.41, 5.74) is 5.35. The number of rotatable bonds is 48. The van der Waals surface area contributed by atoms with Crippen LogP contribution in [-0.2, 0) is 32.7 Å². The van der Waals surface area contributed by atoms with Crippen LogP contribution in [0.3, 0.4) is 0 Å². The van der Waals surface area contributed by atoms with Crippen molar-refractivity contribution in [3.8, 4) is 0 Å². The van der Waals surface area contributed by atoms with Gasteiger partial charge in [0.15, 0.2) is 6.10 Å². The Morgan fingerprint density at radius 3 is 1.19 bits per heavy atom. The van der Waals surface area contributed by atoms with Crippen molar-refractivity contribution in [1.29, 1.82) is 0 Å². The number of ether oxygens (including phenoxy) is 2. The number of nitrogens with two attached hydrogens (primary N) is 1. The van der Waals surface area contributed by atoms with Gasteiger partial charge in [-0.15, -0.1) is 0 Å². The average Bonchev–Trinajstić information content (AvgIpc) is 3.35. The molecule has 0 saturated heterocycles. The maximum absolute atomic E-state index is 12.6. The Labute approximate surface area is 426 Å². The molecule has 0 radical (unpaired) electrons. The Balaban J connectivity index is 4.03. The largest absolute Gasteiger partial charge is 0.472 e. The zero-order valence-electron chi connectivity index (χ0n) is 43.7. The van der Waals surface area contributed by atoms with Crippen molar-refractivity contribution < 1.29 is 37.6 Å². The van der Waals surface area contributed by atoms with E-state index < -0.39 is 32.5 Å². The molecule has 0 rings (SSSR count). The standard InChI is InChI=1S/C60H96NO8P/c1-3-5-7-9-11-13-15-16-17-18-19-20-21-22-23-24-25-26-27-28-29-30-31-32-33-34-35-36-37-38-39-40-41-42-43-45-47-49-51-53-60(63)69-58(57-68-70(64,65)67-55-54-61)56-66-59(62)52-50-48-46-44-14-12-10-8-6-4-2/h5,7-8,10-11,13,16-17,19-20,22-23,25-26,28-29,31-32,34-35,37-38,40-41,58H,3-4,6,9,12,14-15,18,21,24,27,30,33,36,39,42-57,61H2,1-2H3,(H,64,65)/b7-5-,10-8-,13-11-,17-16-,20-19-,23-22-,26-25-,29-28-,32-31-,35-34-,38-37-,41-40-. The fraction of sp³-hybridized carbons (Fsp3) is 0.567. The van der Waals surface area contributed by atoms with E-state index >= 15 is 0 Å². The second kappa shape index (κ2) is 54.2. The molecular formula is C60H96NO8P. The van der Waals surface area contributed by atoms with Gasteiger partial charge >= 0.3 is 19.8 Å². The molecule has 10 heteroatoms. The van der Waals surface area contributed by atoms with E-state index in [1.807, 2.05) is 0 Å². The number of hydrogen-bond donors (Lipinski definition) is 2. The van der Waals surface area contributed by atoms with E-state index in [1.54, 1.807) is 0 Å². The van der Waals surface area contributed by atoms with E-state index in [2.05, 4.69) is 160 Å². The highest BCUT2D eigenvalue weighted by Crippen LogP contribution is 2.43. The van der Waals surface area contributed by atoms with Gasteiger partial charge in [-0.25, -0.2) is 4.57 Å². The molecule has 70 heavy (non-hydrogen) atoms. The van der Waals surface area contributed by atoms with Crippen molar-refractivity contribution in [1.82, 2.24) is 0 Å². The highest BCUT2D eigenvalue weighted by atomic mass is 31.2. The number of carbonyl (C=O) groups excluding carboxylic acids is 2. The van der Waals surface area contributed by atoms with Crippen molar-refractivity contribution in [3.05, 3.63) is 146 Å². The Bertz CT molecular complexity index is 1650. The number of unbranched alkanes of at least 4 members (excludes halogenated alkanes) is 11. The molecule has 0 fully saturated rings. The lowest BCUT2D eigenvalue weighted by molar-refractivity contribution is -0.161. The number of carbonyl (C=O) groups is 2. The lowest BCUT2D eigenvalue weighted by atomic mass is 10.1. The van der Waals surface area contributed by atoms with Crippen molar-refractivity contribution in [2.75, 3.05) is 26.4 Å². The summed E-state index contributed by atoms with van der Waals surface area (Å²) >= 11 is 0. The SMILES string of the molecule is CC/C=C\C/C=C\C/C=C\C/C=C\C/C=C\C/C=C\C/C=C\C/C=C\C/C=C\C/C=C\C/C=C\CCCCCCCC(=O)OC(COC(=O)CCCCCCC/C=C\CCC)COP(=O)(O)OCCN. The number of phosphoric ester groups is 1. The summed E-state index contributed by atoms with van der Waals surface area (Å²) in [5, 5.41) is 0. The summed E-state index contributed by atoms with van der Waals surface area (Å²) in [6.07, 6.45) is 77.7. The van der Waals surface area contributed by atoms with Gasteiger partial charge in [-0.3, -0.25) is 18.6 Å². The first-order valence-corrected chi connectivity index (χ1v) is 28.3. The van der Waals surface area contributed by atoms with Crippen LogP contribution < -0.4 is 5.73 Å². The zero-order chi connectivity index (χ0) is 51.0. The van der Waals surface area contributed by atoms with E-state index in [0.29, 0.717) is 12.8 Å². The van der Waals surface area contributed by atoms with Gasteiger partial charge in [0, 0.05) is 19.4 Å². The summed E-state index contributed by atoms with van der Waals surface area (Å²) in [5.74, 6) is -0.877. The number of hydrogen-bond acceptors (Lipinski definition) is 8. The predicted molar refractivity (Wildman–Crippen MR) is 297 cm³/mol. The predicted octanol–water partition coefficient (Wildman–Crippen LogP) is 16.8. The fourth-order valence-corrected chi connectivity index (χ4v) is 7.29. The van der Waals surface area contributed by atoms with Gasteiger partial charge in [-0.05, 0) is 116 Å². The average molecular weight is 990 g/mol. The van der Waals surface area contributed by atoms with Gasteiger partial charge in [0.2, 0.25) is 0 Å². The molecule has 0 aliphatic rings. The summed E-state index contributed by atoms with van der Waals surface area (Å²) in [6.45, 7) is 3.49. The summed E-state index contributed by atoms with van der Waals surface area (Å²) in [4.78, 5) is 34.9. The van der Waals surface area contributed by atoms with Gasteiger partial charge in [0.1, 0.15) is 6.61 Å². The van der Waals surface area contributed by atoms with Gasteiger partial charge in [-0.2, -0.15) is 0 Å². The number of esters is 2. The molecule has 0 bridgehead atoms. The maximum atomic E-state index is 12.6. The third kappa shape index (κ3) is 53.2. The zero-order valence-corrected chi connectivity index (χ0v) is 44.6. The van der Waals surface area contributed by atoms with Gasteiger partial charge in [0.05, 0.1) is 13.2 Å². The fourth-order valence-electron chi connectivity index (χ4n) is 6.52. The van der Waals surface area contributed by atoms with E-state index in [9.17, 15) is 19.0 Å². The summed E-state index contributed by atoms with van der Waals surface area (Å²) in [6, 6.07) is 0. The lowest BCUT2D eigenvalue weighted by Gasteiger charge is -2.19. The van der Waals surface area contributed by atoms with E-state index in [1.165, 1.54) is 6.42 Å². The molecule has 0 spiro atoms. The monoisotopic (exact) mass is 990 g/mol. The van der Waals surface area contributed by atoms with Crippen LogP contribution in [0.4, 0.5) is 0 Å². The highest BCUT2D eigenvalue weighted by molar-refractivity contribution is 7.47. The van der Waals surface area contributed by atoms with Crippen molar-refractivity contribution >= 4 is 19.8 Å². The molecule has 3 N–H and O–H groups in total. The Morgan fingerprint density at radius 2 is 0.786 bits per heavy atom. The van der Waals surface area contributed by atoms with E-state index in [4.69, 9.17) is 24.3 Å². The second-order valence-corrected chi connectivity index (χ2v) is 18.5. The van der Waals surface area contributed by atoms with Crippen LogP contribution >= 0.6 is 7.82 Å². The summed E-state index contributed by atoms with van der Waals surface area (Å²) in [7, 11) is -4.40. The molecular weight excluding hydrogens is 894 g/mol. The van der Waals surface area contributed by atoms with Crippen LogP contribution in [0.25, 0.3) is 0 Å². The van der Waals surface area contributed by atoms with Gasteiger partial charge in [-0.1, -0.05) is 205 Å². The van der Waals surface area contributed by atoms with Crippen LogP contribution in [0, 0.1) is 0 Å². The molecule has 0 amide bonds. The van der Waals surface area contributed by atoms with Crippen molar-refractivity contribution in [2.24, 2.45) is 5.73 Å². The minimum atomic E-state index is -4.40. The Kier molecular flexibility index (Phi) is 51.0. The van der Waals surface area contributed by atoms with Crippen LogP contribution in [0.1, 0.15) is 187 Å². The van der Waals surface area contributed by atoms with Crippen molar-refractivity contribution in [2.45, 2.75) is 193 Å². The first-order chi connectivity index (χ1) is 34.3. The summed E-state index contributed by atoms with van der Waals surface area (Å²) < 4.78 is 32.8. The molecule has 0 aromatic carbocycles. The molecule has 2 unspecified atom stereocenters. The quantitative estimate of drug-likeness (QED) is 0.0264. The second-order valence-electron chi connectivity index (χ2n) is 17.0. The van der Waals surface area contributed by atoms with E-state index in [0.717, 1.165) is 141 Å². The van der Waals surface area contributed by atoms with Gasteiger partial charge < -0.3 is 20.1 Å². The number of phosphoric acid groups is 1. The molecule has 2 atom stereocenters. The third-order valence-corrected chi connectivity index (χ3v) is 11.4. The molecule has 9 nitrogen and oxygen atoms in total. The molecule has 0 aliphatic carbocycles. The van der Waals surface area contributed by atoms with Crippen LogP contribution in [0.5, 0.6) is 0 Å². The van der Waals surface area contributed by atoms with Crippen LogP contribution in [-0.4, -0.2) is 49.3 Å². The first-order valence-electron chi connectivity index (χ1n) is 26.8. The lowest BCUT2D eigenvalue weighted by Crippen LogP contribution is -2.29. The molecule has 0 aliphatic heterocycles.